The van der Waals surface area contributed by atoms with E-state index in [4.69, 9.17) is 0 Å². The molecule has 3 aromatic rings. The van der Waals surface area contributed by atoms with E-state index in [0.29, 0.717) is 12.5 Å². The summed E-state index contributed by atoms with van der Waals surface area (Å²) in [6.45, 7) is 4.56. The van der Waals surface area contributed by atoms with Crippen LogP contribution in [0.4, 0.5) is 10.1 Å². The van der Waals surface area contributed by atoms with Crippen LogP contribution in [0.25, 0.3) is 16.6 Å². The van der Waals surface area contributed by atoms with Crippen LogP contribution in [0.2, 0.25) is 0 Å². The molecule has 1 aliphatic carbocycles. The molecule has 2 aliphatic heterocycles. The van der Waals surface area contributed by atoms with Crippen LogP contribution in [0, 0.1) is 5.92 Å². The van der Waals surface area contributed by atoms with Gasteiger partial charge in [-0.05, 0) is 49.1 Å². The van der Waals surface area contributed by atoms with E-state index in [9.17, 15) is 9.18 Å². The van der Waals surface area contributed by atoms with Gasteiger partial charge in [-0.3, -0.25) is 4.79 Å². The highest BCUT2D eigenvalue weighted by Crippen LogP contribution is 2.33. The smallest absolute Gasteiger partial charge is 0.225 e. The molecule has 0 bridgehead atoms. The third-order valence-corrected chi connectivity index (χ3v) is 7.43. The Morgan fingerprint density at radius 1 is 1.00 bits per heavy atom. The third-order valence-electron chi connectivity index (χ3n) is 7.43. The van der Waals surface area contributed by atoms with Crippen molar-refractivity contribution in [2.75, 3.05) is 44.2 Å². The first-order valence-corrected chi connectivity index (χ1v) is 12.1. The number of alkyl halides is 1. The number of aromatic nitrogens is 2. The van der Waals surface area contributed by atoms with Gasteiger partial charge in [-0.1, -0.05) is 24.3 Å². The van der Waals surface area contributed by atoms with Crippen LogP contribution in [0.1, 0.15) is 30.7 Å². The number of carbonyl (C=O) groups is 1. The average Bonchev–Trinajstić information content (AvgIpc) is 3.62. The summed E-state index contributed by atoms with van der Waals surface area (Å²) in [5, 5.41) is 7.65. The van der Waals surface area contributed by atoms with E-state index in [-0.39, 0.29) is 11.8 Å². The van der Waals surface area contributed by atoms with E-state index in [1.807, 2.05) is 15.6 Å². The van der Waals surface area contributed by atoms with E-state index in [0.717, 1.165) is 79.9 Å². The van der Waals surface area contributed by atoms with Crippen LogP contribution in [-0.2, 0) is 4.79 Å². The highest BCUT2D eigenvalue weighted by Gasteiger charge is 2.34. The maximum atomic E-state index is 14.3. The van der Waals surface area contributed by atoms with Gasteiger partial charge in [0.1, 0.15) is 6.17 Å². The molecule has 2 aromatic heterocycles. The second-order valence-electron chi connectivity index (χ2n) is 9.60. The van der Waals surface area contributed by atoms with Gasteiger partial charge in [0.15, 0.2) is 0 Å². The number of hydrogen-bond donors (Lipinski definition) is 1. The van der Waals surface area contributed by atoms with Gasteiger partial charge in [0.2, 0.25) is 5.91 Å². The summed E-state index contributed by atoms with van der Waals surface area (Å²) in [5.41, 5.74) is 5.52. The average molecular weight is 448 g/mol. The highest BCUT2D eigenvalue weighted by atomic mass is 19.1. The molecule has 6 nitrogen and oxygen atoms in total. The minimum absolute atomic E-state index is 0.0212. The standard InChI is InChI=1S/C26H30FN5O/c27-23-16-28-9-7-22(23)19-3-1-18(2-4-19)21-15-25-24(8-10-29-32(25)17-21)30-11-13-31(14-12-30)26(33)20-5-6-20/h1-4,8,10,15,17,20,22-23,28H,5-7,9,11-14,16H2. The number of nitrogens with one attached hydrogen (secondary N) is 1. The SMILES string of the molecule is O=C(C1CC1)N1CCN(c2ccnn3cc(-c4ccc(C5CCNCC5F)cc4)cc23)CC1. The molecule has 6 rings (SSSR count). The van der Waals surface area contributed by atoms with Gasteiger partial charge in [0, 0.05) is 62.5 Å². The summed E-state index contributed by atoms with van der Waals surface area (Å²) in [6, 6.07) is 12.6. The first-order valence-electron chi connectivity index (χ1n) is 12.1. The number of benzene rings is 1. The Balaban J connectivity index is 1.21. The van der Waals surface area contributed by atoms with Gasteiger partial charge < -0.3 is 15.1 Å². The summed E-state index contributed by atoms with van der Waals surface area (Å²) in [4.78, 5) is 16.8. The van der Waals surface area contributed by atoms with Crippen LogP contribution < -0.4 is 10.2 Å². The predicted molar refractivity (Wildman–Crippen MR) is 127 cm³/mol. The maximum absolute atomic E-state index is 14.3. The maximum Gasteiger partial charge on any atom is 0.225 e. The van der Waals surface area contributed by atoms with Crippen LogP contribution in [0.5, 0.6) is 0 Å². The molecule has 3 aliphatic rings. The Labute approximate surface area is 193 Å². The number of nitrogens with zero attached hydrogens (tertiary/aromatic N) is 4. The molecule has 1 N–H and O–H groups in total. The third kappa shape index (κ3) is 3.99. The predicted octanol–water partition coefficient (Wildman–Crippen LogP) is 3.47. The van der Waals surface area contributed by atoms with Crippen LogP contribution in [0.15, 0.2) is 48.8 Å². The van der Waals surface area contributed by atoms with Gasteiger partial charge in [0.05, 0.1) is 11.2 Å². The van der Waals surface area contributed by atoms with Gasteiger partial charge in [0.25, 0.3) is 0 Å². The summed E-state index contributed by atoms with van der Waals surface area (Å²) in [5.74, 6) is 0.605. The fourth-order valence-corrected chi connectivity index (χ4v) is 5.30. The minimum atomic E-state index is -0.825. The Morgan fingerprint density at radius 2 is 1.79 bits per heavy atom. The number of fused-ring (bicyclic) bond motifs is 1. The second-order valence-corrected chi connectivity index (χ2v) is 9.60. The van der Waals surface area contributed by atoms with Crippen molar-refractivity contribution in [2.24, 2.45) is 5.92 Å². The molecule has 172 valence electrons. The van der Waals surface area contributed by atoms with Crippen molar-refractivity contribution in [2.45, 2.75) is 31.4 Å². The Bertz CT molecular complexity index is 1150. The van der Waals surface area contributed by atoms with Crippen molar-refractivity contribution < 1.29 is 9.18 Å². The number of rotatable bonds is 4. The second kappa shape index (κ2) is 8.45. The number of piperidine rings is 1. The molecule has 1 amide bonds. The molecule has 33 heavy (non-hydrogen) atoms. The van der Waals surface area contributed by atoms with Gasteiger partial charge >= 0.3 is 0 Å². The van der Waals surface area contributed by atoms with Gasteiger partial charge in [-0.2, -0.15) is 5.10 Å². The summed E-state index contributed by atoms with van der Waals surface area (Å²) < 4.78 is 16.3. The highest BCUT2D eigenvalue weighted by molar-refractivity contribution is 5.82. The topological polar surface area (TPSA) is 52.9 Å². The summed E-state index contributed by atoms with van der Waals surface area (Å²) >= 11 is 0. The number of amides is 1. The van der Waals surface area contributed by atoms with E-state index in [1.54, 1.807) is 0 Å². The Kier molecular flexibility index (Phi) is 5.29. The quantitative estimate of drug-likeness (QED) is 0.666. The zero-order valence-electron chi connectivity index (χ0n) is 18.8. The number of hydrogen-bond acceptors (Lipinski definition) is 4. The van der Waals surface area contributed by atoms with Crippen LogP contribution in [0.3, 0.4) is 0 Å². The van der Waals surface area contributed by atoms with Crippen LogP contribution in [-0.4, -0.2) is 65.9 Å². The molecule has 2 unspecified atom stereocenters. The Morgan fingerprint density at radius 3 is 2.52 bits per heavy atom. The lowest BCUT2D eigenvalue weighted by Gasteiger charge is -2.36. The lowest BCUT2D eigenvalue weighted by Crippen LogP contribution is -2.49. The van der Waals surface area contributed by atoms with Crippen molar-refractivity contribution in [3.63, 3.8) is 0 Å². The van der Waals surface area contributed by atoms with E-state index >= 15 is 0 Å². The molecule has 3 fully saturated rings. The zero-order valence-corrected chi connectivity index (χ0v) is 18.8. The van der Waals surface area contributed by atoms with Crippen molar-refractivity contribution in [3.05, 3.63) is 54.4 Å². The number of anilines is 1. The lowest BCUT2D eigenvalue weighted by atomic mass is 9.88. The fourth-order valence-electron chi connectivity index (χ4n) is 5.30. The Hall–Kier alpha value is -2.93. The number of carbonyl (C=O) groups excluding carboxylic acids is 1. The van der Waals surface area contributed by atoms with Gasteiger partial charge in [-0.25, -0.2) is 8.91 Å². The lowest BCUT2D eigenvalue weighted by molar-refractivity contribution is -0.132. The van der Waals surface area contributed by atoms with Crippen molar-refractivity contribution in [3.8, 4) is 11.1 Å². The molecule has 1 aromatic carbocycles. The van der Waals surface area contributed by atoms with E-state index in [1.165, 1.54) is 0 Å². The van der Waals surface area contributed by atoms with Crippen molar-refractivity contribution in [1.29, 1.82) is 0 Å². The van der Waals surface area contributed by atoms with Crippen molar-refractivity contribution in [1.82, 2.24) is 19.8 Å². The van der Waals surface area contributed by atoms with Gasteiger partial charge in [-0.15, -0.1) is 0 Å². The first-order chi connectivity index (χ1) is 16.2. The molecule has 4 heterocycles. The molecule has 2 atom stereocenters. The normalized spacial score (nSPS) is 23.8. The molecule has 1 saturated carbocycles. The zero-order chi connectivity index (χ0) is 22.4. The number of halogens is 1. The molecule has 2 saturated heterocycles. The summed E-state index contributed by atoms with van der Waals surface area (Å²) in [6.07, 6.45) is 6.03. The fraction of sp³-hybridized carbons (Fsp3) is 0.462. The van der Waals surface area contributed by atoms with Crippen molar-refractivity contribution >= 4 is 17.1 Å². The molecule has 7 heteroatoms. The minimum Gasteiger partial charge on any atom is -0.366 e. The first kappa shape index (κ1) is 20.7. The van der Waals surface area contributed by atoms with E-state index in [2.05, 4.69) is 57.9 Å². The molecular weight excluding hydrogens is 417 g/mol. The number of piperazine rings is 1. The monoisotopic (exact) mass is 447 g/mol. The molecule has 0 spiro atoms. The largest absolute Gasteiger partial charge is 0.366 e. The molecule has 0 radical (unpaired) electrons. The van der Waals surface area contributed by atoms with E-state index < -0.39 is 6.17 Å². The van der Waals surface area contributed by atoms with Crippen LogP contribution >= 0.6 is 0 Å². The summed E-state index contributed by atoms with van der Waals surface area (Å²) in [7, 11) is 0. The molecular formula is C26H30FN5O.